The van der Waals surface area contributed by atoms with Crippen LogP contribution < -0.4 is 43.6 Å². The lowest BCUT2D eigenvalue weighted by atomic mass is 10.0. The molecular weight excluding hydrogens is 612 g/mol. The number of amides is 4. The number of rotatable bonds is 19. The minimum Gasteiger partial charge on any atom is -0.489 e. The molecule has 13 nitrogen and oxygen atoms in total. The fourth-order valence-electron chi connectivity index (χ4n) is 4.92. The molecule has 0 unspecified atom stereocenters. The van der Waals surface area contributed by atoms with Crippen molar-refractivity contribution < 1.29 is 23.9 Å². The number of ether oxygens (including phenoxy) is 1. The first kappa shape index (κ1) is 37.0. The van der Waals surface area contributed by atoms with E-state index in [4.69, 9.17) is 27.7 Å². The van der Waals surface area contributed by atoms with Crippen LogP contribution in [0.3, 0.4) is 0 Å². The summed E-state index contributed by atoms with van der Waals surface area (Å²) in [5.74, 6) is -1.95. The largest absolute Gasteiger partial charge is 0.489 e. The van der Waals surface area contributed by atoms with E-state index in [2.05, 4.69) is 20.9 Å². The van der Waals surface area contributed by atoms with Crippen LogP contribution in [0.15, 0.2) is 83.9 Å². The first-order valence-electron chi connectivity index (χ1n) is 15.9. The van der Waals surface area contributed by atoms with Crippen molar-refractivity contribution in [1.82, 2.24) is 16.0 Å². The summed E-state index contributed by atoms with van der Waals surface area (Å²) in [6.07, 6.45) is 1.94. The van der Waals surface area contributed by atoms with Crippen LogP contribution in [0, 0.1) is 6.92 Å². The molecule has 11 N–H and O–H groups in total. The van der Waals surface area contributed by atoms with Crippen LogP contribution in [-0.4, -0.2) is 54.8 Å². The highest BCUT2D eigenvalue weighted by molar-refractivity contribution is 5.98. The van der Waals surface area contributed by atoms with E-state index in [9.17, 15) is 19.2 Å². The fourth-order valence-corrected chi connectivity index (χ4v) is 4.92. The molecule has 3 atom stereocenters. The van der Waals surface area contributed by atoms with Gasteiger partial charge in [-0.05, 0) is 81.0 Å². The minimum atomic E-state index is -1.18. The molecule has 0 saturated carbocycles. The van der Waals surface area contributed by atoms with Crippen LogP contribution in [0.1, 0.15) is 65.2 Å². The van der Waals surface area contributed by atoms with Gasteiger partial charge >= 0.3 is 0 Å². The van der Waals surface area contributed by atoms with Crippen LogP contribution in [-0.2, 0) is 21.0 Å². The third-order valence-corrected chi connectivity index (χ3v) is 7.46. The van der Waals surface area contributed by atoms with Gasteiger partial charge in [-0.15, -0.1) is 0 Å². The summed E-state index contributed by atoms with van der Waals surface area (Å²) in [6, 6.07) is 19.9. The molecule has 3 rings (SSSR count). The zero-order valence-electron chi connectivity index (χ0n) is 27.2. The molecular formula is C35H46N8O5. The van der Waals surface area contributed by atoms with Crippen molar-refractivity contribution in [2.75, 3.05) is 13.1 Å². The third kappa shape index (κ3) is 12.4. The maximum Gasteiger partial charge on any atom is 0.251 e. The number of nitrogens with one attached hydrogen (secondary N) is 3. The van der Waals surface area contributed by atoms with Gasteiger partial charge < -0.3 is 43.6 Å². The number of aliphatic imine (C=N–C) groups is 1. The number of carbonyl (C=O) groups is 4. The zero-order chi connectivity index (χ0) is 34.9. The Morgan fingerprint density at radius 1 is 0.771 bits per heavy atom. The molecule has 3 aromatic carbocycles. The van der Waals surface area contributed by atoms with Crippen LogP contribution in [0.5, 0.6) is 5.75 Å². The fraction of sp³-hybridized carbons (Fsp3) is 0.343. The van der Waals surface area contributed by atoms with Crippen molar-refractivity contribution in [1.29, 1.82) is 0 Å². The van der Waals surface area contributed by atoms with Gasteiger partial charge in [-0.25, -0.2) is 0 Å². The maximum atomic E-state index is 13.6. The van der Waals surface area contributed by atoms with Crippen molar-refractivity contribution >= 4 is 29.6 Å². The summed E-state index contributed by atoms with van der Waals surface area (Å²) >= 11 is 0. The Labute approximate surface area is 280 Å². The first-order valence-corrected chi connectivity index (χ1v) is 15.9. The number of nitrogens with two attached hydrogens (primary N) is 4. The molecule has 48 heavy (non-hydrogen) atoms. The van der Waals surface area contributed by atoms with Crippen LogP contribution >= 0.6 is 0 Å². The van der Waals surface area contributed by atoms with E-state index in [1.807, 2.05) is 31.2 Å². The summed E-state index contributed by atoms with van der Waals surface area (Å²) in [6.45, 7) is 3.00. The molecule has 256 valence electrons. The van der Waals surface area contributed by atoms with Gasteiger partial charge in [0.15, 0.2) is 5.96 Å². The molecule has 0 aromatic heterocycles. The SMILES string of the molecule is Cc1cccc(COc2ccc([C@@H](NC(=O)[C@H](CCCCN)NC(=O)[C@H](CCCN=C(N)N)NC(=O)c3ccccc3)C(N)=O)cc2)c1. The van der Waals surface area contributed by atoms with E-state index in [1.165, 1.54) is 0 Å². The highest BCUT2D eigenvalue weighted by Gasteiger charge is 2.29. The Morgan fingerprint density at radius 2 is 1.44 bits per heavy atom. The number of aryl methyl sites for hydroxylation is 1. The molecule has 0 aliphatic rings. The molecule has 0 saturated heterocycles. The van der Waals surface area contributed by atoms with Gasteiger partial charge in [0, 0.05) is 12.1 Å². The van der Waals surface area contributed by atoms with Crippen molar-refractivity contribution in [3.05, 3.63) is 101 Å². The van der Waals surface area contributed by atoms with E-state index < -0.39 is 41.8 Å². The van der Waals surface area contributed by atoms with E-state index in [0.29, 0.717) is 49.3 Å². The molecule has 0 spiro atoms. The summed E-state index contributed by atoms with van der Waals surface area (Å²) in [4.78, 5) is 56.6. The van der Waals surface area contributed by atoms with Crippen molar-refractivity contribution in [3.8, 4) is 5.75 Å². The molecule has 0 heterocycles. The normalized spacial score (nSPS) is 12.5. The zero-order valence-corrected chi connectivity index (χ0v) is 27.2. The average Bonchev–Trinajstić information content (AvgIpc) is 3.07. The number of guanidine groups is 1. The molecule has 0 radical (unpaired) electrons. The number of hydrogen-bond acceptors (Lipinski definition) is 7. The number of nitrogens with zero attached hydrogens (tertiary/aromatic N) is 1. The predicted octanol–water partition coefficient (Wildman–Crippen LogP) is 1.68. The molecule has 0 bridgehead atoms. The summed E-state index contributed by atoms with van der Waals surface area (Å²) in [7, 11) is 0. The van der Waals surface area contributed by atoms with E-state index in [0.717, 1.165) is 11.1 Å². The van der Waals surface area contributed by atoms with Crippen molar-refractivity contribution in [2.45, 2.75) is 63.8 Å². The Morgan fingerprint density at radius 3 is 2.08 bits per heavy atom. The molecule has 3 aromatic rings. The lowest BCUT2D eigenvalue weighted by molar-refractivity contribution is -0.132. The van der Waals surface area contributed by atoms with E-state index >= 15 is 0 Å². The molecule has 0 aliphatic carbocycles. The Bertz CT molecular complexity index is 1530. The number of carbonyl (C=O) groups excluding carboxylic acids is 4. The Kier molecular flexibility index (Phi) is 14.9. The van der Waals surface area contributed by atoms with Crippen LogP contribution in [0.25, 0.3) is 0 Å². The van der Waals surface area contributed by atoms with Gasteiger partial charge in [0.2, 0.25) is 17.7 Å². The van der Waals surface area contributed by atoms with Gasteiger partial charge in [0.1, 0.15) is 30.5 Å². The monoisotopic (exact) mass is 658 g/mol. The standard InChI is InChI=1S/C35H46N8O5/c1-23-9-7-10-24(21-23)22-48-27-17-15-25(16-18-27)30(31(37)44)43-34(47)28(13-5-6-19-36)42-33(46)29(14-8-20-40-35(38)39)41-32(45)26-11-3-2-4-12-26/h2-4,7,9-12,15-18,21,28-30H,5-6,8,13-14,19-20,22,36H2,1H3,(H2,37,44)(H,41,45)(H,42,46)(H,43,47)(H4,38,39,40)/t28-,29-,30+/m0/s1. The smallest absolute Gasteiger partial charge is 0.251 e. The highest BCUT2D eigenvalue weighted by Crippen LogP contribution is 2.20. The van der Waals surface area contributed by atoms with Crippen molar-refractivity contribution in [3.63, 3.8) is 0 Å². The Balaban J connectivity index is 1.73. The highest BCUT2D eigenvalue weighted by atomic mass is 16.5. The summed E-state index contributed by atoms with van der Waals surface area (Å²) in [5.41, 5.74) is 25.2. The first-order chi connectivity index (χ1) is 23.1. The second kappa shape index (κ2) is 19.3. The molecule has 13 heteroatoms. The Hall–Kier alpha value is -5.43. The second-order valence-corrected chi connectivity index (χ2v) is 11.4. The minimum absolute atomic E-state index is 0.0885. The van der Waals surface area contributed by atoms with Crippen LogP contribution in [0.4, 0.5) is 0 Å². The van der Waals surface area contributed by atoms with Gasteiger partial charge in [-0.3, -0.25) is 24.2 Å². The number of unbranched alkanes of at least 4 members (excludes halogenated alkanes) is 1. The lowest BCUT2D eigenvalue weighted by Crippen LogP contribution is -2.54. The van der Waals surface area contributed by atoms with Gasteiger partial charge in [0.05, 0.1) is 0 Å². The van der Waals surface area contributed by atoms with E-state index in [-0.39, 0.29) is 25.3 Å². The van der Waals surface area contributed by atoms with Gasteiger partial charge in [-0.2, -0.15) is 0 Å². The maximum absolute atomic E-state index is 13.6. The molecule has 0 aliphatic heterocycles. The summed E-state index contributed by atoms with van der Waals surface area (Å²) < 4.78 is 5.87. The van der Waals surface area contributed by atoms with Crippen molar-refractivity contribution in [2.24, 2.45) is 27.9 Å². The molecule has 0 fully saturated rings. The topological polar surface area (TPSA) is 230 Å². The van der Waals surface area contributed by atoms with Gasteiger partial charge in [-0.1, -0.05) is 60.2 Å². The van der Waals surface area contributed by atoms with Crippen LogP contribution in [0.2, 0.25) is 0 Å². The van der Waals surface area contributed by atoms with E-state index in [1.54, 1.807) is 54.6 Å². The number of benzene rings is 3. The summed E-state index contributed by atoms with van der Waals surface area (Å²) in [5, 5.41) is 8.19. The second-order valence-electron chi connectivity index (χ2n) is 11.4. The van der Waals surface area contributed by atoms with Gasteiger partial charge in [0.25, 0.3) is 5.91 Å². The predicted molar refractivity (Wildman–Crippen MR) is 184 cm³/mol. The quantitative estimate of drug-likeness (QED) is 0.0568. The lowest BCUT2D eigenvalue weighted by Gasteiger charge is -2.25. The average molecular weight is 659 g/mol. The molecule has 4 amide bonds. The number of hydrogen-bond donors (Lipinski definition) is 7. The number of primary amides is 1. The third-order valence-electron chi connectivity index (χ3n) is 7.46.